The molecule has 20 heavy (non-hydrogen) atoms. The van der Waals surface area contributed by atoms with Crippen LogP contribution in [0.1, 0.15) is 52.9 Å². The molecule has 0 radical (unpaired) electrons. The Labute approximate surface area is 120 Å². The first-order valence-electron chi connectivity index (χ1n) is 7.35. The highest BCUT2D eigenvalue weighted by Gasteiger charge is 2.52. The van der Waals surface area contributed by atoms with Gasteiger partial charge in [-0.2, -0.15) is 0 Å². The topological polar surface area (TPSA) is 64.6 Å². The molecule has 1 atom stereocenters. The summed E-state index contributed by atoms with van der Waals surface area (Å²) in [4.78, 5) is 24.1. The van der Waals surface area contributed by atoms with E-state index in [9.17, 15) is 9.59 Å². The number of carbonyl (C=O) groups is 2. The lowest BCUT2D eigenvalue weighted by atomic mass is 9.60. The summed E-state index contributed by atoms with van der Waals surface area (Å²) in [6.07, 6.45) is 4.15. The van der Waals surface area contributed by atoms with Crippen molar-refractivity contribution < 1.29 is 19.1 Å². The van der Waals surface area contributed by atoms with Crippen molar-refractivity contribution in [2.45, 2.75) is 64.0 Å². The van der Waals surface area contributed by atoms with Crippen molar-refractivity contribution in [3.05, 3.63) is 0 Å². The first-order valence-corrected chi connectivity index (χ1v) is 7.35. The summed E-state index contributed by atoms with van der Waals surface area (Å²) in [7, 11) is 1.41. The normalized spacial score (nSPS) is 32.6. The Bertz CT molecular complexity index is 391. The Morgan fingerprint density at radius 3 is 2.30 bits per heavy atom. The van der Waals surface area contributed by atoms with Crippen LogP contribution in [-0.2, 0) is 14.3 Å². The van der Waals surface area contributed by atoms with E-state index >= 15 is 0 Å². The third-order valence-corrected chi connectivity index (χ3v) is 4.47. The van der Waals surface area contributed by atoms with Crippen LogP contribution in [0.3, 0.4) is 0 Å². The lowest BCUT2D eigenvalue weighted by Gasteiger charge is -2.50. The van der Waals surface area contributed by atoms with Gasteiger partial charge in [-0.3, -0.25) is 4.79 Å². The fraction of sp³-hybridized carbons (Fsp3) is 0.867. The smallest absolute Gasteiger partial charge is 0.408 e. The second kappa shape index (κ2) is 5.26. The molecule has 0 aliphatic heterocycles. The van der Waals surface area contributed by atoms with Crippen molar-refractivity contribution in [3.8, 4) is 0 Å². The zero-order valence-corrected chi connectivity index (χ0v) is 12.8. The second-order valence-electron chi connectivity index (χ2n) is 7.04. The SMILES string of the molecule is COC(=O)C1CC2CCC1(NC(=O)OC(C)(C)C)CC2. The molecule has 0 saturated heterocycles. The van der Waals surface area contributed by atoms with E-state index in [4.69, 9.17) is 9.47 Å². The highest BCUT2D eigenvalue weighted by Crippen LogP contribution is 2.48. The number of ether oxygens (including phenoxy) is 2. The van der Waals surface area contributed by atoms with Gasteiger partial charge in [-0.1, -0.05) is 0 Å². The number of rotatable bonds is 2. The second-order valence-corrected chi connectivity index (χ2v) is 7.04. The minimum Gasteiger partial charge on any atom is -0.469 e. The van der Waals surface area contributed by atoms with E-state index in [0.29, 0.717) is 5.92 Å². The highest BCUT2D eigenvalue weighted by atomic mass is 16.6. The summed E-state index contributed by atoms with van der Waals surface area (Å²) in [5, 5.41) is 2.98. The van der Waals surface area contributed by atoms with Crippen LogP contribution in [0, 0.1) is 11.8 Å². The third-order valence-electron chi connectivity index (χ3n) is 4.47. The number of fused-ring (bicyclic) bond motifs is 3. The largest absolute Gasteiger partial charge is 0.469 e. The van der Waals surface area contributed by atoms with Gasteiger partial charge in [0, 0.05) is 0 Å². The minimum atomic E-state index is -0.534. The van der Waals surface area contributed by atoms with E-state index in [1.165, 1.54) is 7.11 Å². The maximum atomic E-state index is 12.1. The van der Waals surface area contributed by atoms with Gasteiger partial charge in [-0.05, 0) is 58.8 Å². The fourth-order valence-corrected chi connectivity index (χ4v) is 3.52. The van der Waals surface area contributed by atoms with E-state index in [2.05, 4.69) is 5.32 Å². The van der Waals surface area contributed by atoms with Crippen molar-refractivity contribution in [1.29, 1.82) is 0 Å². The van der Waals surface area contributed by atoms with Crippen molar-refractivity contribution in [2.75, 3.05) is 7.11 Å². The fourth-order valence-electron chi connectivity index (χ4n) is 3.52. The standard InChI is InChI=1S/C15H25NO4/c1-14(2,3)20-13(18)16-15-7-5-10(6-8-15)9-11(15)12(17)19-4/h10-11H,5-9H2,1-4H3,(H,16,18). The third kappa shape index (κ3) is 3.07. The molecule has 1 unspecified atom stereocenters. The Morgan fingerprint density at radius 1 is 1.20 bits per heavy atom. The lowest BCUT2D eigenvalue weighted by molar-refractivity contribution is -0.153. The molecule has 1 N–H and O–H groups in total. The summed E-state index contributed by atoms with van der Waals surface area (Å²) >= 11 is 0. The molecule has 5 nitrogen and oxygen atoms in total. The van der Waals surface area contributed by atoms with Crippen LogP contribution < -0.4 is 5.32 Å². The van der Waals surface area contributed by atoms with Gasteiger partial charge in [0.2, 0.25) is 0 Å². The lowest BCUT2D eigenvalue weighted by Crippen LogP contribution is -2.62. The number of nitrogens with one attached hydrogen (secondary N) is 1. The first-order chi connectivity index (χ1) is 9.26. The predicted octanol–water partition coefficient (Wildman–Crippen LogP) is 2.63. The molecule has 2 bridgehead atoms. The van der Waals surface area contributed by atoms with Gasteiger partial charge in [0.15, 0.2) is 0 Å². The van der Waals surface area contributed by atoms with E-state index < -0.39 is 17.2 Å². The Morgan fingerprint density at radius 2 is 1.80 bits per heavy atom. The molecule has 3 rings (SSSR count). The maximum absolute atomic E-state index is 12.1. The molecule has 5 heteroatoms. The predicted molar refractivity (Wildman–Crippen MR) is 74.2 cm³/mol. The van der Waals surface area contributed by atoms with Crippen LogP contribution in [0.15, 0.2) is 0 Å². The van der Waals surface area contributed by atoms with E-state index in [-0.39, 0.29) is 11.9 Å². The zero-order valence-electron chi connectivity index (χ0n) is 12.8. The summed E-state index contributed by atoms with van der Waals surface area (Å²) in [6, 6.07) is 0. The molecule has 0 aromatic rings. The molecular weight excluding hydrogens is 258 g/mol. The van der Waals surface area contributed by atoms with Gasteiger partial charge in [0.05, 0.1) is 18.6 Å². The van der Waals surface area contributed by atoms with Gasteiger partial charge in [0.1, 0.15) is 5.60 Å². The number of hydrogen-bond acceptors (Lipinski definition) is 4. The van der Waals surface area contributed by atoms with Gasteiger partial charge in [-0.15, -0.1) is 0 Å². The maximum Gasteiger partial charge on any atom is 0.408 e. The average molecular weight is 283 g/mol. The van der Waals surface area contributed by atoms with Crippen LogP contribution in [0.2, 0.25) is 0 Å². The Balaban J connectivity index is 2.12. The number of methoxy groups -OCH3 is 1. The van der Waals surface area contributed by atoms with Crippen LogP contribution in [0.25, 0.3) is 0 Å². The summed E-state index contributed by atoms with van der Waals surface area (Å²) in [5.74, 6) is 0.124. The van der Waals surface area contributed by atoms with Crippen LogP contribution in [-0.4, -0.2) is 30.3 Å². The van der Waals surface area contributed by atoms with Crippen LogP contribution in [0.4, 0.5) is 4.79 Å². The van der Waals surface area contributed by atoms with Crippen molar-refractivity contribution in [2.24, 2.45) is 11.8 Å². The molecule has 0 aromatic heterocycles. The van der Waals surface area contributed by atoms with E-state index in [1.807, 2.05) is 20.8 Å². The molecule has 3 aliphatic rings. The van der Waals surface area contributed by atoms with Crippen molar-refractivity contribution >= 4 is 12.1 Å². The van der Waals surface area contributed by atoms with Gasteiger partial charge >= 0.3 is 12.1 Å². The molecule has 3 aliphatic carbocycles. The van der Waals surface area contributed by atoms with Crippen LogP contribution in [0.5, 0.6) is 0 Å². The molecule has 1 amide bonds. The van der Waals surface area contributed by atoms with Crippen molar-refractivity contribution in [1.82, 2.24) is 5.32 Å². The number of alkyl carbamates (subject to hydrolysis) is 1. The molecule has 3 saturated carbocycles. The number of amides is 1. The molecule has 0 aromatic carbocycles. The van der Waals surface area contributed by atoms with Crippen molar-refractivity contribution in [3.63, 3.8) is 0 Å². The summed E-state index contributed by atoms with van der Waals surface area (Å²) in [6.45, 7) is 5.50. The Kier molecular flexibility index (Phi) is 3.98. The average Bonchev–Trinajstić information content (AvgIpc) is 2.36. The molecule has 3 fully saturated rings. The minimum absolute atomic E-state index is 0.217. The summed E-state index contributed by atoms with van der Waals surface area (Å²) < 4.78 is 10.3. The zero-order chi connectivity index (χ0) is 15.0. The highest BCUT2D eigenvalue weighted by molar-refractivity contribution is 5.77. The number of hydrogen-bond donors (Lipinski definition) is 1. The first kappa shape index (κ1) is 15.1. The van der Waals surface area contributed by atoms with Gasteiger partial charge in [-0.25, -0.2) is 4.79 Å². The molecule has 0 heterocycles. The monoisotopic (exact) mass is 283 g/mol. The molecule has 114 valence electrons. The quantitative estimate of drug-likeness (QED) is 0.791. The van der Waals surface area contributed by atoms with Gasteiger partial charge in [0.25, 0.3) is 0 Å². The number of carbonyl (C=O) groups excluding carboxylic acids is 2. The van der Waals surface area contributed by atoms with E-state index in [1.54, 1.807) is 0 Å². The molecular formula is C15H25NO4. The van der Waals surface area contributed by atoms with E-state index in [0.717, 1.165) is 32.1 Å². The number of esters is 1. The van der Waals surface area contributed by atoms with Crippen LogP contribution >= 0.6 is 0 Å². The Hall–Kier alpha value is -1.26. The molecule has 0 spiro atoms. The summed E-state index contributed by atoms with van der Waals surface area (Å²) in [5.41, 5.74) is -1.02. The van der Waals surface area contributed by atoms with Gasteiger partial charge < -0.3 is 14.8 Å².